The maximum atomic E-state index is 11.1. The molecule has 2 aromatic heterocycles. The fourth-order valence-corrected chi connectivity index (χ4v) is 2.80. The number of fused-ring (bicyclic) bond motifs is 1. The fraction of sp³-hybridized carbons (Fsp3) is 0.250. The fourth-order valence-electron chi connectivity index (χ4n) is 2.80. The zero-order valence-corrected chi connectivity index (χ0v) is 11.9. The summed E-state index contributed by atoms with van der Waals surface area (Å²) < 4.78 is 1.89. The Kier molecular flexibility index (Phi) is 2.89. The van der Waals surface area contributed by atoms with Crippen LogP contribution in [0.3, 0.4) is 0 Å². The molecule has 1 aliphatic carbocycles. The highest BCUT2D eigenvalue weighted by Gasteiger charge is 2.34. The molecule has 110 valence electrons. The van der Waals surface area contributed by atoms with Crippen LogP contribution in [-0.2, 0) is 4.79 Å². The lowest BCUT2D eigenvalue weighted by atomic mass is 9.80. The van der Waals surface area contributed by atoms with E-state index < -0.39 is 0 Å². The highest BCUT2D eigenvalue weighted by molar-refractivity contribution is 5.78. The molecule has 0 spiro atoms. The molecule has 1 aromatic carbocycles. The van der Waals surface area contributed by atoms with Crippen molar-refractivity contribution in [3.8, 4) is 11.3 Å². The van der Waals surface area contributed by atoms with E-state index in [1.165, 1.54) is 0 Å². The predicted octanol–water partition coefficient (Wildman–Crippen LogP) is 1.93. The molecule has 2 N–H and O–H groups in total. The number of nitrogens with zero attached hydrogens (tertiary/aromatic N) is 4. The smallest absolute Gasteiger partial charge is 0.220 e. The molecule has 0 bridgehead atoms. The zero-order valence-electron chi connectivity index (χ0n) is 11.9. The Morgan fingerprint density at radius 2 is 1.95 bits per heavy atom. The van der Waals surface area contributed by atoms with Gasteiger partial charge in [-0.25, -0.2) is 4.98 Å². The van der Waals surface area contributed by atoms with Crippen LogP contribution in [0.5, 0.6) is 0 Å². The normalized spacial score (nSPS) is 20.7. The number of benzene rings is 1. The van der Waals surface area contributed by atoms with Crippen LogP contribution in [0, 0.1) is 5.92 Å². The predicted molar refractivity (Wildman–Crippen MR) is 81.7 cm³/mol. The topological polar surface area (TPSA) is 86.7 Å². The summed E-state index contributed by atoms with van der Waals surface area (Å²) in [5.74, 6) is -0.234. The summed E-state index contributed by atoms with van der Waals surface area (Å²) in [7, 11) is 0. The molecule has 2 heterocycles. The van der Waals surface area contributed by atoms with Gasteiger partial charge in [0, 0.05) is 17.7 Å². The third-order valence-electron chi connectivity index (χ3n) is 4.24. The molecule has 6 nitrogen and oxygen atoms in total. The molecular formula is C16H15N5O. The Bertz CT molecular complexity index is 850. The molecule has 4 rings (SSSR count). The minimum absolute atomic E-state index is 0.0156. The molecule has 0 atom stereocenters. The first-order valence-corrected chi connectivity index (χ1v) is 7.26. The van der Waals surface area contributed by atoms with Crippen LogP contribution in [0.1, 0.15) is 18.9 Å². The van der Waals surface area contributed by atoms with Gasteiger partial charge in [0.05, 0.1) is 35.2 Å². The molecule has 1 amide bonds. The third kappa shape index (κ3) is 2.13. The van der Waals surface area contributed by atoms with Crippen molar-refractivity contribution in [1.29, 1.82) is 0 Å². The molecule has 1 fully saturated rings. The summed E-state index contributed by atoms with van der Waals surface area (Å²) in [6.45, 7) is 0. The molecule has 22 heavy (non-hydrogen) atoms. The van der Waals surface area contributed by atoms with Crippen molar-refractivity contribution in [3.63, 3.8) is 0 Å². The van der Waals surface area contributed by atoms with Crippen molar-refractivity contribution in [1.82, 2.24) is 19.7 Å². The second-order valence-electron chi connectivity index (χ2n) is 5.68. The number of carbonyl (C=O) groups excluding carboxylic acids is 1. The van der Waals surface area contributed by atoms with E-state index in [4.69, 9.17) is 5.73 Å². The van der Waals surface area contributed by atoms with Crippen LogP contribution in [0.15, 0.2) is 42.9 Å². The average Bonchev–Trinajstić information content (AvgIpc) is 2.94. The SMILES string of the molecule is NC(=O)[C@H]1C[C@H](n2cc(-c3cnc4ccccc4n3)cn2)C1. The van der Waals surface area contributed by atoms with Gasteiger partial charge in [-0.2, -0.15) is 5.10 Å². The van der Waals surface area contributed by atoms with E-state index in [-0.39, 0.29) is 17.9 Å². The summed E-state index contributed by atoms with van der Waals surface area (Å²) in [6, 6.07) is 8.02. The number of nitrogens with two attached hydrogens (primary N) is 1. The summed E-state index contributed by atoms with van der Waals surface area (Å²) in [5.41, 5.74) is 8.78. The van der Waals surface area contributed by atoms with Gasteiger partial charge in [-0.15, -0.1) is 0 Å². The zero-order chi connectivity index (χ0) is 15.1. The molecule has 6 heteroatoms. The van der Waals surface area contributed by atoms with Crippen LogP contribution >= 0.6 is 0 Å². The Labute approximate surface area is 127 Å². The Balaban J connectivity index is 1.59. The molecule has 0 aliphatic heterocycles. The molecule has 0 unspecified atom stereocenters. The van der Waals surface area contributed by atoms with E-state index in [9.17, 15) is 4.79 Å². The Hall–Kier alpha value is -2.76. The van der Waals surface area contributed by atoms with E-state index >= 15 is 0 Å². The van der Waals surface area contributed by atoms with Gasteiger partial charge in [0.25, 0.3) is 0 Å². The van der Waals surface area contributed by atoms with Gasteiger partial charge in [-0.05, 0) is 25.0 Å². The molecule has 0 saturated heterocycles. The number of rotatable bonds is 3. The molecule has 3 aromatic rings. The first kappa shape index (κ1) is 12.9. The summed E-state index contributed by atoms with van der Waals surface area (Å²) in [4.78, 5) is 20.1. The molecule has 1 saturated carbocycles. The van der Waals surface area contributed by atoms with Crippen molar-refractivity contribution < 1.29 is 4.79 Å². The van der Waals surface area contributed by atoms with Crippen molar-refractivity contribution >= 4 is 16.9 Å². The van der Waals surface area contributed by atoms with E-state index in [0.717, 1.165) is 35.1 Å². The molecule has 0 radical (unpaired) electrons. The van der Waals surface area contributed by atoms with Crippen molar-refractivity contribution in [3.05, 3.63) is 42.9 Å². The maximum absolute atomic E-state index is 11.1. The number of aromatic nitrogens is 4. The van der Waals surface area contributed by atoms with Crippen LogP contribution in [0.25, 0.3) is 22.3 Å². The number of hydrogen-bond donors (Lipinski definition) is 1. The van der Waals surface area contributed by atoms with Crippen molar-refractivity contribution in [2.45, 2.75) is 18.9 Å². The van der Waals surface area contributed by atoms with Gasteiger partial charge < -0.3 is 5.73 Å². The average molecular weight is 293 g/mol. The number of carbonyl (C=O) groups is 1. The lowest BCUT2D eigenvalue weighted by Crippen LogP contribution is -2.36. The highest BCUT2D eigenvalue weighted by atomic mass is 16.1. The standard InChI is InChI=1S/C16H15N5O/c17-16(22)10-5-12(6-10)21-9-11(7-19-21)15-8-18-13-3-1-2-4-14(13)20-15/h1-4,7-10,12H,5-6H2,(H2,17,22)/t10-,12-. The van der Waals surface area contributed by atoms with Crippen LogP contribution in [0.4, 0.5) is 0 Å². The monoisotopic (exact) mass is 293 g/mol. The summed E-state index contributed by atoms with van der Waals surface area (Å²) in [5, 5.41) is 4.39. The minimum Gasteiger partial charge on any atom is -0.369 e. The van der Waals surface area contributed by atoms with E-state index in [1.54, 1.807) is 12.4 Å². The van der Waals surface area contributed by atoms with Crippen molar-refractivity contribution in [2.24, 2.45) is 11.7 Å². The van der Waals surface area contributed by atoms with Gasteiger partial charge in [-0.1, -0.05) is 12.1 Å². The van der Waals surface area contributed by atoms with Gasteiger partial charge >= 0.3 is 0 Å². The summed E-state index contributed by atoms with van der Waals surface area (Å²) >= 11 is 0. The summed E-state index contributed by atoms with van der Waals surface area (Å²) in [6.07, 6.45) is 7.04. The van der Waals surface area contributed by atoms with Crippen molar-refractivity contribution in [2.75, 3.05) is 0 Å². The highest BCUT2D eigenvalue weighted by Crippen LogP contribution is 2.37. The van der Waals surface area contributed by atoms with Gasteiger partial charge in [0.1, 0.15) is 0 Å². The van der Waals surface area contributed by atoms with Gasteiger partial charge in [0.15, 0.2) is 0 Å². The molecule has 1 aliphatic rings. The van der Waals surface area contributed by atoms with Gasteiger partial charge in [-0.3, -0.25) is 14.5 Å². The minimum atomic E-state index is -0.218. The van der Waals surface area contributed by atoms with E-state index in [0.29, 0.717) is 0 Å². The quantitative estimate of drug-likeness (QED) is 0.799. The maximum Gasteiger partial charge on any atom is 0.220 e. The number of primary amides is 1. The second-order valence-corrected chi connectivity index (χ2v) is 5.68. The Morgan fingerprint density at radius 3 is 2.73 bits per heavy atom. The van der Waals surface area contributed by atoms with Crippen LogP contribution < -0.4 is 5.73 Å². The van der Waals surface area contributed by atoms with Crippen LogP contribution in [0.2, 0.25) is 0 Å². The first-order chi connectivity index (χ1) is 10.7. The Morgan fingerprint density at radius 1 is 1.18 bits per heavy atom. The lowest BCUT2D eigenvalue weighted by Gasteiger charge is -2.32. The third-order valence-corrected chi connectivity index (χ3v) is 4.24. The van der Waals surface area contributed by atoms with E-state index in [1.807, 2.05) is 35.1 Å². The number of amides is 1. The van der Waals surface area contributed by atoms with E-state index in [2.05, 4.69) is 15.1 Å². The largest absolute Gasteiger partial charge is 0.369 e. The molecular weight excluding hydrogens is 278 g/mol. The second kappa shape index (κ2) is 4.91. The van der Waals surface area contributed by atoms with Crippen LogP contribution in [-0.4, -0.2) is 25.7 Å². The lowest BCUT2D eigenvalue weighted by molar-refractivity contribution is -0.125. The number of para-hydroxylation sites is 2. The number of hydrogen-bond acceptors (Lipinski definition) is 4. The first-order valence-electron chi connectivity index (χ1n) is 7.26. The van der Waals surface area contributed by atoms with Gasteiger partial charge in [0.2, 0.25) is 5.91 Å².